The van der Waals surface area contributed by atoms with Crippen molar-refractivity contribution in [1.29, 1.82) is 0 Å². The second kappa shape index (κ2) is 4.60. The second-order valence-corrected chi connectivity index (χ2v) is 4.08. The Morgan fingerprint density at radius 3 is 2.43 bits per heavy atom. The molecule has 1 aromatic heterocycles. The topological polar surface area (TPSA) is 48.9 Å². The molecule has 0 spiro atoms. The van der Waals surface area contributed by atoms with Crippen LogP contribution < -0.4 is 0 Å². The van der Waals surface area contributed by atoms with Crippen molar-refractivity contribution in [1.82, 2.24) is 9.97 Å². The first kappa shape index (κ1) is 11.2. The molecule has 0 bridgehead atoms. The Morgan fingerprint density at radius 2 is 2.07 bits per heavy atom. The molecule has 1 unspecified atom stereocenters. The summed E-state index contributed by atoms with van der Waals surface area (Å²) in [6.45, 7) is 8.49. The van der Waals surface area contributed by atoms with Gasteiger partial charge < -0.3 is 10.1 Å². The molecule has 0 fully saturated rings. The average molecular weight is 196 g/mol. The number of aliphatic hydroxyl groups is 1. The lowest BCUT2D eigenvalue weighted by molar-refractivity contribution is 0.232. The highest BCUT2D eigenvalue weighted by Crippen LogP contribution is 2.22. The Balaban J connectivity index is 2.93. The fraction of sp³-hybridized carbons (Fsp3) is 0.727. The van der Waals surface area contributed by atoms with E-state index >= 15 is 0 Å². The summed E-state index contributed by atoms with van der Waals surface area (Å²) in [6, 6.07) is 0. The first-order chi connectivity index (χ1) is 6.60. The predicted octanol–water partition coefficient (Wildman–Crippen LogP) is 2.01. The van der Waals surface area contributed by atoms with Crippen molar-refractivity contribution in [3.05, 3.63) is 17.2 Å². The van der Waals surface area contributed by atoms with Crippen LogP contribution in [0.4, 0.5) is 0 Å². The third kappa shape index (κ3) is 2.15. The van der Waals surface area contributed by atoms with Crippen LogP contribution in [0.3, 0.4) is 0 Å². The third-order valence-corrected chi connectivity index (χ3v) is 2.69. The molecule has 0 saturated heterocycles. The number of nitrogens with zero attached hydrogens (tertiary/aromatic N) is 1. The summed E-state index contributed by atoms with van der Waals surface area (Å²) in [5.41, 5.74) is 2.24. The molecule has 0 radical (unpaired) electrons. The first-order valence-electron chi connectivity index (χ1n) is 5.26. The number of aromatic nitrogens is 2. The fourth-order valence-corrected chi connectivity index (χ4v) is 1.65. The number of nitrogens with one attached hydrogen (secondary N) is 1. The molecule has 0 aliphatic heterocycles. The minimum Gasteiger partial charge on any atom is -0.396 e. The van der Waals surface area contributed by atoms with Gasteiger partial charge in [0, 0.05) is 11.6 Å². The Morgan fingerprint density at radius 1 is 1.43 bits per heavy atom. The second-order valence-electron chi connectivity index (χ2n) is 4.08. The van der Waals surface area contributed by atoms with Crippen molar-refractivity contribution in [2.75, 3.05) is 6.61 Å². The maximum Gasteiger partial charge on any atom is 0.112 e. The maximum atomic E-state index is 9.26. The van der Waals surface area contributed by atoms with Gasteiger partial charge in [-0.3, -0.25) is 0 Å². The van der Waals surface area contributed by atoms with E-state index in [0.717, 1.165) is 23.6 Å². The number of imidazole rings is 1. The van der Waals surface area contributed by atoms with Gasteiger partial charge in [0.2, 0.25) is 0 Å². The summed E-state index contributed by atoms with van der Waals surface area (Å²) < 4.78 is 0. The Bertz CT molecular complexity index is 291. The van der Waals surface area contributed by atoms with E-state index in [1.54, 1.807) is 0 Å². The first-order valence-corrected chi connectivity index (χ1v) is 5.26. The smallest absolute Gasteiger partial charge is 0.112 e. The Labute approximate surface area is 85.6 Å². The van der Waals surface area contributed by atoms with Crippen LogP contribution >= 0.6 is 0 Å². The zero-order valence-electron chi connectivity index (χ0n) is 9.46. The highest BCUT2D eigenvalue weighted by molar-refractivity contribution is 5.15. The number of hydrogen-bond acceptors (Lipinski definition) is 2. The van der Waals surface area contributed by atoms with Crippen LogP contribution in [-0.4, -0.2) is 21.7 Å². The minimum absolute atomic E-state index is 0.133. The van der Waals surface area contributed by atoms with Crippen molar-refractivity contribution in [3.63, 3.8) is 0 Å². The lowest BCUT2D eigenvalue weighted by Gasteiger charge is -2.14. The molecule has 1 atom stereocenters. The van der Waals surface area contributed by atoms with Crippen LogP contribution in [0.2, 0.25) is 0 Å². The van der Waals surface area contributed by atoms with Gasteiger partial charge in [-0.25, -0.2) is 4.98 Å². The van der Waals surface area contributed by atoms with Crippen molar-refractivity contribution in [2.24, 2.45) is 5.92 Å². The zero-order valence-corrected chi connectivity index (χ0v) is 9.46. The van der Waals surface area contributed by atoms with Crippen LogP contribution in [0.1, 0.15) is 43.9 Å². The van der Waals surface area contributed by atoms with Crippen LogP contribution in [0.15, 0.2) is 0 Å². The lowest BCUT2D eigenvalue weighted by atomic mass is 9.96. The molecule has 80 valence electrons. The zero-order chi connectivity index (χ0) is 10.7. The molecule has 1 aromatic rings. The van der Waals surface area contributed by atoms with E-state index in [-0.39, 0.29) is 12.5 Å². The fourth-order valence-electron chi connectivity index (χ4n) is 1.65. The summed E-state index contributed by atoms with van der Waals surface area (Å²) in [4.78, 5) is 7.76. The standard InChI is InChI=1S/C11H20N2O/c1-5-10-8(4)12-11(13-10)9(6-14)7(2)3/h7,9,14H,5-6H2,1-4H3,(H,12,13). The van der Waals surface area contributed by atoms with E-state index in [0.29, 0.717) is 5.92 Å². The molecule has 2 N–H and O–H groups in total. The van der Waals surface area contributed by atoms with Crippen LogP contribution in [0.5, 0.6) is 0 Å². The van der Waals surface area contributed by atoms with Gasteiger partial charge in [0.05, 0.1) is 12.3 Å². The minimum atomic E-state index is 0.133. The largest absolute Gasteiger partial charge is 0.396 e. The molecule has 3 nitrogen and oxygen atoms in total. The number of rotatable bonds is 4. The molecule has 14 heavy (non-hydrogen) atoms. The van der Waals surface area contributed by atoms with Gasteiger partial charge >= 0.3 is 0 Å². The summed E-state index contributed by atoms with van der Waals surface area (Å²) >= 11 is 0. The molecule has 0 amide bonds. The van der Waals surface area contributed by atoms with Gasteiger partial charge in [-0.15, -0.1) is 0 Å². The molecule has 1 rings (SSSR count). The molecule has 3 heteroatoms. The summed E-state index contributed by atoms with van der Waals surface area (Å²) in [5, 5.41) is 9.26. The van der Waals surface area contributed by atoms with Crippen molar-refractivity contribution in [2.45, 2.75) is 40.0 Å². The van der Waals surface area contributed by atoms with E-state index in [1.165, 1.54) is 0 Å². The van der Waals surface area contributed by atoms with E-state index in [4.69, 9.17) is 0 Å². The van der Waals surface area contributed by atoms with Gasteiger partial charge in [0.25, 0.3) is 0 Å². The molecular weight excluding hydrogens is 176 g/mol. The predicted molar refractivity (Wildman–Crippen MR) is 57.4 cm³/mol. The van der Waals surface area contributed by atoms with Gasteiger partial charge in [0.15, 0.2) is 0 Å². The summed E-state index contributed by atoms with van der Waals surface area (Å²) in [6.07, 6.45) is 0.943. The highest BCUT2D eigenvalue weighted by Gasteiger charge is 2.19. The van der Waals surface area contributed by atoms with Crippen molar-refractivity contribution >= 4 is 0 Å². The van der Waals surface area contributed by atoms with Crippen molar-refractivity contribution < 1.29 is 5.11 Å². The number of aryl methyl sites for hydroxylation is 2. The molecular formula is C11H20N2O. The summed E-state index contributed by atoms with van der Waals surface area (Å²) in [7, 11) is 0. The lowest BCUT2D eigenvalue weighted by Crippen LogP contribution is -2.12. The molecule has 0 aromatic carbocycles. The third-order valence-electron chi connectivity index (χ3n) is 2.69. The van der Waals surface area contributed by atoms with Gasteiger partial charge in [0.1, 0.15) is 5.82 Å². The van der Waals surface area contributed by atoms with E-state index in [1.807, 2.05) is 6.92 Å². The molecule has 1 heterocycles. The quantitative estimate of drug-likeness (QED) is 0.774. The monoisotopic (exact) mass is 196 g/mol. The normalized spacial score (nSPS) is 13.6. The van der Waals surface area contributed by atoms with Gasteiger partial charge in [-0.05, 0) is 19.3 Å². The molecule has 0 saturated carbocycles. The van der Waals surface area contributed by atoms with Crippen LogP contribution in [0, 0.1) is 12.8 Å². The van der Waals surface area contributed by atoms with E-state index in [9.17, 15) is 5.11 Å². The SMILES string of the molecule is CCc1nc(C(CO)C(C)C)[nH]c1C. The number of H-pyrrole nitrogens is 1. The van der Waals surface area contributed by atoms with Crippen LogP contribution in [0.25, 0.3) is 0 Å². The average Bonchev–Trinajstić information content (AvgIpc) is 2.47. The number of aliphatic hydroxyl groups excluding tert-OH is 1. The van der Waals surface area contributed by atoms with Crippen LogP contribution in [-0.2, 0) is 6.42 Å². The number of hydrogen-bond donors (Lipinski definition) is 2. The Kier molecular flexibility index (Phi) is 3.69. The molecule has 0 aliphatic rings. The van der Waals surface area contributed by atoms with Gasteiger partial charge in [-0.1, -0.05) is 20.8 Å². The molecule has 0 aliphatic carbocycles. The van der Waals surface area contributed by atoms with E-state index in [2.05, 4.69) is 30.7 Å². The summed E-state index contributed by atoms with van der Waals surface area (Å²) in [5.74, 6) is 1.47. The highest BCUT2D eigenvalue weighted by atomic mass is 16.3. The maximum absolute atomic E-state index is 9.26. The van der Waals surface area contributed by atoms with E-state index < -0.39 is 0 Å². The number of aromatic amines is 1. The van der Waals surface area contributed by atoms with Gasteiger partial charge in [-0.2, -0.15) is 0 Å². The Hall–Kier alpha value is -0.830. The van der Waals surface area contributed by atoms with Crippen molar-refractivity contribution in [3.8, 4) is 0 Å².